The first-order valence-electron chi connectivity index (χ1n) is 5.13. The normalized spacial score (nSPS) is 14.4. The number of methoxy groups -OCH3 is 1. The van der Waals surface area contributed by atoms with E-state index in [1.54, 1.807) is 25.3 Å². The second-order valence-electron chi connectivity index (χ2n) is 3.82. The number of hydrogen-bond donors (Lipinski definition) is 1. The average Bonchev–Trinajstić information content (AvgIpc) is 2.72. The summed E-state index contributed by atoms with van der Waals surface area (Å²) in [6.45, 7) is 2.13. The molecule has 0 aliphatic rings. The number of amides is 1. The van der Waals surface area contributed by atoms with Gasteiger partial charge in [0, 0.05) is 30.6 Å². The number of ether oxygens (including phenoxy) is 1. The fourth-order valence-corrected chi connectivity index (χ4v) is 2.73. The van der Waals surface area contributed by atoms with Gasteiger partial charge in [0.25, 0.3) is 5.91 Å². The highest BCUT2D eigenvalue weighted by molar-refractivity contribution is 9.10. The fourth-order valence-electron chi connectivity index (χ4n) is 1.31. The molecule has 17 heavy (non-hydrogen) atoms. The van der Waals surface area contributed by atoms with Gasteiger partial charge in [0.2, 0.25) is 0 Å². The lowest BCUT2D eigenvalue weighted by molar-refractivity contribution is -0.146. The number of likely N-dealkylation sites (N-methyl/N-ethyl adjacent to an activating group) is 1. The van der Waals surface area contributed by atoms with Crippen molar-refractivity contribution < 1.29 is 14.6 Å². The van der Waals surface area contributed by atoms with Crippen molar-refractivity contribution in [2.45, 2.75) is 25.7 Å². The SMILES string of the molecule is COC(C)C(O)C(=O)N(C)Cc1cscc1Br. The third-order valence-electron chi connectivity index (χ3n) is 2.54. The summed E-state index contributed by atoms with van der Waals surface area (Å²) >= 11 is 4.98. The summed E-state index contributed by atoms with van der Waals surface area (Å²) < 4.78 is 5.92. The standard InChI is InChI=1S/C11H16BrNO3S/c1-7(16-3)10(14)11(15)13(2)4-8-5-17-6-9(8)12/h5-7,10,14H,4H2,1-3H3. The monoisotopic (exact) mass is 321 g/mol. The van der Waals surface area contributed by atoms with Crippen molar-refractivity contribution in [3.05, 3.63) is 20.8 Å². The Morgan fingerprint density at radius 3 is 2.76 bits per heavy atom. The molecular formula is C11H16BrNO3S. The molecule has 0 spiro atoms. The van der Waals surface area contributed by atoms with Crippen molar-refractivity contribution in [2.75, 3.05) is 14.2 Å². The molecule has 0 aromatic carbocycles. The van der Waals surface area contributed by atoms with Crippen molar-refractivity contribution in [1.82, 2.24) is 4.90 Å². The van der Waals surface area contributed by atoms with Crippen LogP contribution in [0.2, 0.25) is 0 Å². The third-order valence-corrected chi connectivity index (χ3v) is 4.38. The highest BCUT2D eigenvalue weighted by Gasteiger charge is 2.25. The van der Waals surface area contributed by atoms with Crippen LogP contribution in [0.15, 0.2) is 15.2 Å². The molecule has 6 heteroatoms. The van der Waals surface area contributed by atoms with E-state index in [9.17, 15) is 9.90 Å². The van der Waals surface area contributed by atoms with Gasteiger partial charge >= 0.3 is 0 Å². The second kappa shape index (κ2) is 6.49. The van der Waals surface area contributed by atoms with Crippen molar-refractivity contribution in [3.8, 4) is 0 Å². The maximum Gasteiger partial charge on any atom is 0.254 e. The molecular weight excluding hydrogens is 306 g/mol. The summed E-state index contributed by atoms with van der Waals surface area (Å²) in [4.78, 5) is 13.4. The molecule has 2 atom stereocenters. The molecule has 0 aliphatic carbocycles. The molecule has 1 aromatic heterocycles. The Balaban J connectivity index is 2.61. The summed E-state index contributed by atoms with van der Waals surface area (Å²) in [6, 6.07) is 0. The maximum atomic E-state index is 11.9. The molecule has 4 nitrogen and oxygen atoms in total. The molecule has 1 rings (SSSR count). The first kappa shape index (κ1) is 14.6. The quantitative estimate of drug-likeness (QED) is 0.900. The van der Waals surface area contributed by atoms with E-state index in [0.29, 0.717) is 6.54 Å². The molecule has 0 saturated carbocycles. The van der Waals surface area contributed by atoms with Crippen LogP contribution < -0.4 is 0 Å². The lowest BCUT2D eigenvalue weighted by atomic mass is 10.2. The fraction of sp³-hybridized carbons (Fsp3) is 0.545. The minimum absolute atomic E-state index is 0.336. The largest absolute Gasteiger partial charge is 0.381 e. The Labute approximate surface area is 113 Å². The van der Waals surface area contributed by atoms with Crippen LogP contribution in [0.25, 0.3) is 0 Å². The van der Waals surface area contributed by atoms with E-state index in [0.717, 1.165) is 10.0 Å². The van der Waals surface area contributed by atoms with Crippen molar-refractivity contribution in [2.24, 2.45) is 0 Å². The zero-order chi connectivity index (χ0) is 13.0. The third kappa shape index (κ3) is 3.77. The molecule has 0 fully saturated rings. The number of thiophene rings is 1. The zero-order valence-corrected chi connectivity index (χ0v) is 12.4. The first-order chi connectivity index (χ1) is 7.97. The Kier molecular flexibility index (Phi) is 5.58. The number of hydrogen-bond acceptors (Lipinski definition) is 4. The van der Waals surface area contributed by atoms with Gasteiger partial charge in [0.1, 0.15) is 0 Å². The molecule has 1 N–H and O–H groups in total. The van der Waals surface area contributed by atoms with E-state index in [4.69, 9.17) is 4.74 Å². The molecule has 0 aliphatic heterocycles. The smallest absolute Gasteiger partial charge is 0.254 e. The summed E-state index contributed by atoms with van der Waals surface area (Å²) in [7, 11) is 3.13. The lowest BCUT2D eigenvalue weighted by Gasteiger charge is -2.23. The van der Waals surface area contributed by atoms with Crippen LogP contribution in [0.4, 0.5) is 0 Å². The molecule has 0 bridgehead atoms. The molecule has 2 unspecified atom stereocenters. The number of carbonyl (C=O) groups is 1. The van der Waals surface area contributed by atoms with E-state index >= 15 is 0 Å². The maximum absolute atomic E-state index is 11.9. The van der Waals surface area contributed by atoms with Gasteiger partial charge in [-0.25, -0.2) is 0 Å². The zero-order valence-electron chi connectivity index (χ0n) is 10.0. The summed E-state index contributed by atoms with van der Waals surface area (Å²) in [5.41, 5.74) is 1.03. The van der Waals surface area contributed by atoms with Crippen LogP contribution in [0, 0.1) is 0 Å². The molecule has 96 valence electrons. The molecule has 1 aromatic rings. The van der Waals surface area contributed by atoms with Crippen molar-refractivity contribution >= 4 is 33.2 Å². The van der Waals surface area contributed by atoms with Gasteiger partial charge in [0.05, 0.1) is 6.10 Å². The Morgan fingerprint density at radius 2 is 2.29 bits per heavy atom. The van der Waals surface area contributed by atoms with E-state index < -0.39 is 12.2 Å². The van der Waals surface area contributed by atoms with Crippen molar-refractivity contribution in [1.29, 1.82) is 0 Å². The van der Waals surface area contributed by atoms with E-state index in [1.807, 2.05) is 10.8 Å². The topological polar surface area (TPSA) is 49.8 Å². The molecule has 1 amide bonds. The van der Waals surface area contributed by atoms with Gasteiger partial charge in [-0.2, -0.15) is 11.3 Å². The predicted octanol–water partition coefficient (Wildman–Crippen LogP) is 1.86. The summed E-state index contributed by atoms with van der Waals surface area (Å²) in [5.74, 6) is -0.336. The molecule has 0 saturated heterocycles. The highest BCUT2D eigenvalue weighted by atomic mass is 79.9. The predicted molar refractivity (Wildman–Crippen MR) is 71.0 cm³/mol. The van der Waals surface area contributed by atoms with Gasteiger partial charge in [-0.05, 0) is 33.8 Å². The highest BCUT2D eigenvalue weighted by Crippen LogP contribution is 2.22. The number of halogens is 1. The van der Waals surface area contributed by atoms with Crippen LogP contribution in [0.5, 0.6) is 0 Å². The summed E-state index contributed by atoms with van der Waals surface area (Å²) in [6.07, 6.45) is -1.63. The van der Waals surface area contributed by atoms with Gasteiger partial charge in [-0.1, -0.05) is 0 Å². The van der Waals surface area contributed by atoms with E-state index in [1.165, 1.54) is 12.0 Å². The lowest BCUT2D eigenvalue weighted by Crippen LogP contribution is -2.42. The summed E-state index contributed by atoms with van der Waals surface area (Å²) in [5, 5.41) is 13.7. The van der Waals surface area contributed by atoms with Crippen LogP contribution in [0.1, 0.15) is 12.5 Å². The van der Waals surface area contributed by atoms with Gasteiger partial charge < -0.3 is 14.7 Å². The Morgan fingerprint density at radius 1 is 1.65 bits per heavy atom. The Bertz CT molecular complexity index is 383. The van der Waals surface area contributed by atoms with E-state index in [2.05, 4.69) is 15.9 Å². The minimum Gasteiger partial charge on any atom is -0.381 e. The molecule has 0 radical (unpaired) electrons. The molecule has 1 heterocycles. The minimum atomic E-state index is -1.12. The number of nitrogens with zero attached hydrogens (tertiary/aromatic N) is 1. The van der Waals surface area contributed by atoms with Crippen LogP contribution in [0.3, 0.4) is 0 Å². The van der Waals surface area contributed by atoms with Crippen LogP contribution in [-0.2, 0) is 16.1 Å². The van der Waals surface area contributed by atoms with Crippen molar-refractivity contribution in [3.63, 3.8) is 0 Å². The first-order valence-corrected chi connectivity index (χ1v) is 6.87. The number of aliphatic hydroxyl groups excluding tert-OH is 1. The second-order valence-corrected chi connectivity index (χ2v) is 5.42. The van der Waals surface area contributed by atoms with Gasteiger partial charge in [-0.3, -0.25) is 4.79 Å². The van der Waals surface area contributed by atoms with E-state index in [-0.39, 0.29) is 5.91 Å². The number of rotatable bonds is 5. The van der Waals surface area contributed by atoms with Crippen LogP contribution in [-0.4, -0.2) is 42.3 Å². The Hall–Kier alpha value is -0.430. The number of carbonyl (C=O) groups excluding carboxylic acids is 1. The number of aliphatic hydroxyl groups is 1. The van der Waals surface area contributed by atoms with Crippen LogP contribution >= 0.6 is 27.3 Å². The average molecular weight is 322 g/mol. The van der Waals surface area contributed by atoms with Gasteiger partial charge in [0.15, 0.2) is 6.10 Å². The van der Waals surface area contributed by atoms with Gasteiger partial charge in [-0.15, -0.1) is 0 Å².